The van der Waals surface area contributed by atoms with Crippen molar-refractivity contribution in [1.29, 1.82) is 0 Å². The molecule has 1 aliphatic heterocycles. The molecule has 0 N–H and O–H groups in total. The number of aromatic nitrogens is 2. The van der Waals surface area contributed by atoms with Crippen molar-refractivity contribution in [2.24, 2.45) is 5.92 Å². The molecule has 2 saturated carbocycles. The van der Waals surface area contributed by atoms with Gasteiger partial charge in [0, 0.05) is 25.1 Å². The van der Waals surface area contributed by atoms with Gasteiger partial charge in [0.05, 0.1) is 13.2 Å². The summed E-state index contributed by atoms with van der Waals surface area (Å²) in [5, 5.41) is 4.11. The zero-order valence-electron chi connectivity index (χ0n) is 11.3. The molecule has 1 saturated heterocycles. The van der Waals surface area contributed by atoms with Gasteiger partial charge in [-0.3, -0.25) is 4.90 Å². The Balaban J connectivity index is 1.38. The van der Waals surface area contributed by atoms with Crippen LogP contribution in [0.1, 0.15) is 49.7 Å². The summed E-state index contributed by atoms with van der Waals surface area (Å²) < 4.78 is 10.9. The molecule has 5 heteroatoms. The molecule has 3 fully saturated rings. The molecule has 0 unspecified atom stereocenters. The van der Waals surface area contributed by atoms with Crippen LogP contribution >= 0.6 is 0 Å². The van der Waals surface area contributed by atoms with E-state index >= 15 is 0 Å². The summed E-state index contributed by atoms with van der Waals surface area (Å²) >= 11 is 0. The van der Waals surface area contributed by atoms with Gasteiger partial charge in [-0.15, -0.1) is 0 Å². The fourth-order valence-electron chi connectivity index (χ4n) is 2.85. The van der Waals surface area contributed by atoms with E-state index in [0.717, 1.165) is 44.1 Å². The molecule has 104 valence electrons. The standard InChI is InChI=1S/C14H21N3O2/c1-2-11(1)14-15-13(19-16-14)8-17(12-3-4-12)7-10-5-6-18-9-10/h10-12H,1-9H2/t10-/m1/s1. The molecule has 2 heterocycles. The fraction of sp³-hybridized carbons (Fsp3) is 0.857. The fourth-order valence-corrected chi connectivity index (χ4v) is 2.85. The van der Waals surface area contributed by atoms with Crippen LogP contribution in [0, 0.1) is 5.92 Å². The number of ether oxygens (including phenoxy) is 1. The third kappa shape index (κ3) is 2.82. The minimum atomic E-state index is 0.579. The molecule has 0 radical (unpaired) electrons. The highest BCUT2D eigenvalue weighted by molar-refractivity contribution is 5.03. The Morgan fingerprint density at radius 2 is 2.05 bits per heavy atom. The second-order valence-corrected chi connectivity index (χ2v) is 6.21. The summed E-state index contributed by atoms with van der Waals surface area (Å²) in [6.45, 7) is 3.78. The van der Waals surface area contributed by atoms with Crippen LogP contribution in [0.5, 0.6) is 0 Å². The Morgan fingerprint density at radius 1 is 1.16 bits per heavy atom. The van der Waals surface area contributed by atoms with Crippen LogP contribution in [0.3, 0.4) is 0 Å². The van der Waals surface area contributed by atoms with Crippen molar-refractivity contribution in [2.45, 2.75) is 50.6 Å². The zero-order valence-corrected chi connectivity index (χ0v) is 11.3. The Morgan fingerprint density at radius 3 is 2.74 bits per heavy atom. The first-order valence-corrected chi connectivity index (χ1v) is 7.53. The van der Waals surface area contributed by atoms with Gasteiger partial charge in [0.2, 0.25) is 5.89 Å². The minimum absolute atomic E-state index is 0.579. The van der Waals surface area contributed by atoms with E-state index in [1.54, 1.807) is 0 Å². The van der Waals surface area contributed by atoms with Crippen molar-refractivity contribution in [1.82, 2.24) is 15.0 Å². The molecule has 4 rings (SSSR count). The van der Waals surface area contributed by atoms with Gasteiger partial charge >= 0.3 is 0 Å². The summed E-state index contributed by atoms with van der Waals surface area (Å²) in [5.74, 6) is 2.99. The summed E-state index contributed by atoms with van der Waals surface area (Å²) in [4.78, 5) is 7.06. The molecular formula is C14H21N3O2. The first-order chi connectivity index (χ1) is 9.38. The van der Waals surface area contributed by atoms with E-state index in [0.29, 0.717) is 11.8 Å². The Kier molecular flexibility index (Phi) is 3.04. The van der Waals surface area contributed by atoms with Gasteiger partial charge in [0.25, 0.3) is 0 Å². The average molecular weight is 263 g/mol. The van der Waals surface area contributed by atoms with E-state index in [4.69, 9.17) is 9.26 Å². The smallest absolute Gasteiger partial charge is 0.240 e. The molecule has 0 aromatic carbocycles. The number of hydrogen-bond donors (Lipinski definition) is 0. The van der Waals surface area contributed by atoms with E-state index in [1.165, 1.54) is 32.1 Å². The van der Waals surface area contributed by atoms with Crippen molar-refractivity contribution in [3.8, 4) is 0 Å². The monoisotopic (exact) mass is 263 g/mol. The van der Waals surface area contributed by atoms with Gasteiger partial charge in [-0.05, 0) is 38.0 Å². The molecule has 19 heavy (non-hydrogen) atoms. The zero-order chi connectivity index (χ0) is 12.7. The number of rotatable bonds is 6. The third-order valence-electron chi connectivity index (χ3n) is 4.34. The molecule has 5 nitrogen and oxygen atoms in total. The summed E-state index contributed by atoms with van der Waals surface area (Å²) in [6.07, 6.45) is 6.28. The van der Waals surface area contributed by atoms with Gasteiger partial charge in [-0.2, -0.15) is 4.98 Å². The van der Waals surface area contributed by atoms with Gasteiger partial charge in [0.15, 0.2) is 5.82 Å². The van der Waals surface area contributed by atoms with Gasteiger partial charge in [0.1, 0.15) is 0 Å². The van der Waals surface area contributed by atoms with E-state index in [-0.39, 0.29) is 0 Å². The van der Waals surface area contributed by atoms with Gasteiger partial charge in [-0.25, -0.2) is 0 Å². The van der Waals surface area contributed by atoms with Crippen LogP contribution in [0.4, 0.5) is 0 Å². The quantitative estimate of drug-likeness (QED) is 0.785. The second kappa shape index (κ2) is 4.87. The lowest BCUT2D eigenvalue weighted by molar-refractivity contribution is 0.153. The van der Waals surface area contributed by atoms with E-state index in [2.05, 4.69) is 15.0 Å². The van der Waals surface area contributed by atoms with Crippen molar-refractivity contribution in [3.63, 3.8) is 0 Å². The highest BCUT2D eigenvalue weighted by Gasteiger charge is 2.34. The molecule has 1 atom stereocenters. The normalized spacial score (nSPS) is 27.3. The summed E-state index contributed by atoms with van der Waals surface area (Å²) in [7, 11) is 0. The predicted molar refractivity (Wildman–Crippen MR) is 68.6 cm³/mol. The van der Waals surface area contributed by atoms with Crippen LogP contribution < -0.4 is 0 Å². The first kappa shape index (κ1) is 11.9. The summed E-state index contributed by atoms with van der Waals surface area (Å²) in [6, 6.07) is 0.733. The molecule has 3 aliphatic rings. The molecule has 0 bridgehead atoms. The Hall–Kier alpha value is -0.940. The lowest BCUT2D eigenvalue weighted by Crippen LogP contribution is -2.31. The van der Waals surface area contributed by atoms with Crippen LogP contribution in [-0.2, 0) is 11.3 Å². The maximum atomic E-state index is 5.47. The van der Waals surface area contributed by atoms with Crippen molar-refractivity contribution >= 4 is 0 Å². The summed E-state index contributed by atoms with van der Waals surface area (Å²) in [5.41, 5.74) is 0. The third-order valence-corrected chi connectivity index (χ3v) is 4.34. The lowest BCUT2D eigenvalue weighted by atomic mass is 10.1. The predicted octanol–water partition coefficient (Wildman–Crippen LogP) is 1.95. The number of nitrogens with zero attached hydrogens (tertiary/aromatic N) is 3. The molecule has 0 amide bonds. The Bertz CT molecular complexity index is 434. The van der Waals surface area contributed by atoms with E-state index in [9.17, 15) is 0 Å². The molecule has 0 spiro atoms. The highest BCUT2D eigenvalue weighted by Crippen LogP contribution is 2.38. The number of hydrogen-bond acceptors (Lipinski definition) is 5. The van der Waals surface area contributed by atoms with Crippen LogP contribution in [0.2, 0.25) is 0 Å². The molecule has 2 aliphatic carbocycles. The highest BCUT2D eigenvalue weighted by atomic mass is 16.5. The average Bonchev–Trinajstić information content (AvgIpc) is 3.34. The van der Waals surface area contributed by atoms with Crippen LogP contribution in [0.25, 0.3) is 0 Å². The largest absolute Gasteiger partial charge is 0.381 e. The molecular weight excluding hydrogens is 242 g/mol. The molecule has 1 aromatic heterocycles. The van der Waals surface area contributed by atoms with Crippen molar-refractivity contribution in [2.75, 3.05) is 19.8 Å². The van der Waals surface area contributed by atoms with Gasteiger partial charge in [-0.1, -0.05) is 5.16 Å². The maximum Gasteiger partial charge on any atom is 0.240 e. The van der Waals surface area contributed by atoms with Crippen molar-refractivity contribution < 1.29 is 9.26 Å². The molecule has 1 aromatic rings. The topological polar surface area (TPSA) is 51.4 Å². The van der Waals surface area contributed by atoms with E-state index in [1.807, 2.05) is 0 Å². The van der Waals surface area contributed by atoms with Crippen molar-refractivity contribution in [3.05, 3.63) is 11.7 Å². The Labute approximate surface area is 113 Å². The minimum Gasteiger partial charge on any atom is -0.381 e. The van der Waals surface area contributed by atoms with Crippen LogP contribution in [-0.4, -0.2) is 40.8 Å². The lowest BCUT2D eigenvalue weighted by Gasteiger charge is -2.22. The second-order valence-electron chi connectivity index (χ2n) is 6.21. The first-order valence-electron chi connectivity index (χ1n) is 7.53. The SMILES string of the molecule is C1C[C@H](CN(Cc2nc(C3CC3)no2)C2CC2)CO1. The maximum absolute atomic E-state index is 5.47. The van der Waals surface area contributed by atoms with E-state index < -0.39 is 0 Å². The van der Waals surface area contributed by atoms with Crippen LogP contribution in [0.15, 0.2) is 4.52 Å². The van der Waals surface area contributed by atoms with Gasteiger partial charge < -0.3 is 9.26 Å².